The minimum Gasteiger partial charge on any atom is -0.550 e. The third kappa shape index (κ3) is 2.20. The molecule has 0 unspecified atom stereocenters. The maximum Gasteiger partial charge on any atom is 0.119 e. The van der Waals surface area contributed by atoms with Crippen molar-refractivity contribution in [3.05, 3.63) is 36.4 Å². The van der Waals surface area contributed by atoms with Crippen LogP contribution in [0, 0.1) is 0 Å². The Morgan fingerprint density at radius 1 is 1.24 bits per heavy atom. The second-order valence-electron chi connectivity index (χ2n) is 3.92. The number of aryl methyl sites for hydroxylation is 2. The molecule has 0 aliphatic rings. The van der Waals surface area contributed by atoms with Crippen molar-refractivity contribution in [2.24, 2.45) is 14.1 Å². The summed E-state index contributed by atoms with van der Waals surface area (Å²) in [5.74, 6) is -0.159. The summed E-state index contributed by atoms with van der Waals surface area (Å²) in [5.41, 5.74) is 0. The fraction of sp³-hybridized carbons (Fsp3) is 0.364. The van der Waals surface area contributed by atoms with Gasteiger partial charge in [-0.1, -0.05) is 0 Å². The number of carboxylic acid groups (broad SMARTS) is 1. The predicted octanol–water partition coefficient (Wildman–Crippen LogP) is -0.575. The van der Waals surface area contributed by atoms with Gasteiger partial charge in [0.1, 0.15) is 11.6 Å². The molecular formula is C11H13N4O2-. The molecule has 17 heavy (non-hydrogen) atoms. The van der Waals surface area contributed by atoms with Gasteiger partial charge in [-0.05, 0) is 0 Å². The van der Waals surface area contributed by atoms with E-state index in [1.54, 1.807) is 33.9 Å². The quantitative estimate of drug-likeness (QED) is 0.708. The van der Waals surface area contributed by atoms with Crippen LogP contribution in [-0.2, 0) is 18.9 Å². The van der Waals surface area contributed by atoms with E-state index in [1.807, 2.05) is 14.1 Å². The van der Waals surface area contributed by atoms with Crippen molar-refractivity contribution in [1.82, 2.24) is 19.1 Å². The standard InChI is InChI=1S/C11H14N4O2/c1-14-5-3-12-10(14)8(7-9(16)17)11-13-4-6-15(11)2/h3-6,8H,7H2,1-2H3,(H,16,17)/p-1. The lowest BCUT2D eigenvalue weighted by molar-refractivity contribution is -0.306. The van der Waals surface area contributed by atoms with Crippen LogP contribution in [0.5, 0.6) is 0 Å². The largest absolute Gasteiger partial charge is 0.550 e. The van der Waals surface area contributed by atoms with E-state index >= 15 is 0 Å². The normalized spacial score (nSPS) is 11.0. The zero-order valence-electron chi connectivity index (χ0n) is 9.70. The highest BCUT2D eigenvalue weighted by atomic mass is 16.4. The first-order chi connectivity index (χ1) is 8.09. The van der Waals surface area contributed by atoms with Gasteiger partial charge < -0.3 is 19.0 Å². The SMILES string of the molecule is Cn1ccnc1C(CC(=O)[O-])c1nccn1C. The molecule has 0 aromatic carbocycles. The average molecular weight is 233 g/mol. The first-order valence-corrected chi connectivity index (χ1v) is 5.24. The number of aliphatic carboxylic acids is 1. The summed E-state index contributed by atoms with van der Waals surface area (Å²) in [6, 6.07) is 0. The van der Waals surface area contributed by atoms with Gasteiger partial charge in [-0.25, -0.2) is 9.97 Å². The Hall–Kier alpha value is -2.11. The van der Waals surface area contributed by atoms with E-state index in [0.29, 0.717) is 11.6 Å². The molecule has 0 aliphatic heterocycles. The van der Waals surface area contributed by atoms with Gasteiger partial charge in [0.15, 0.2) is 0 Å². The highest BCUT2D eigenvalue weighted by Crippen LogP contribution is 2.24. The van der Waals surface area contributed by atoms with Crippen molar-refractivity contribution in [3.8, 4) is 0 Å². The Bertz CT molecular complexity index is 489. The summed E-state index contributed by atoms with van der Waals surface area (Å²) in [6.45, 7) is 0. The molecule has 2 aromatic heterocycles. The molecule has 0 spiro atoms. The lowest BCUT2D eigenvalue weighted by Crippen LogP contribution is -2.27. The van der Waals surface area contributed by atoms with Crippen LogP contribution >= 0.6 is 0 Å². The fourth-order valence-corrected chi connectivity index (χ4v) is 1.89. The number of carboxylic acids is 1. The molecule has 6 heteroatoms. The molecule has 0 bridgehead atoms. The lowest BCUT2D eigenvalue weighted by Gasteiger charge is -2.17. The van der Waals surface area contributed by atoms with E-state index in [2.05, 4.69) is 9.97 Å². The molecule has 0 amide bonds. The number of nitrogens with zero attached hydrogens (tertiary/aromatic N) is 4. The number of aromatic nitrogens is 4. The Morgan fingerprint density at radius 2 is 1.71 bits per heavy atom. The summed E-state index contributed by atoms with van der Waals surface area (Å²) >= 11 is 0. The van der Waals surface area contributed by atoms with Crippen molar-refractivity contribution in [2.75, 3.05) is 0 Å². The van der Waals surface area contributed by atoms with Crippen LogP contribution in [0.2, 0.25) is 0 Å². The zero-order valence-corrected chi connectivity index (χ0v) is 9.70. The molecule has 2 aromatic rings. The van der Waals surface area contributed by atoms with Crippen LogP contribution < -0.4 is 5.11 Å². The van der Waals surface area contributed by atoms with Gasteiger partial charge in [-0.15, -0.1) is 0 Å². The summed E-state index contributed by atoms with van der Waals surface area (Å²) in [6.07, 6.45) is 6.71. The van der Waals surface area contributed by atoms with Gasteiger partial charge in [0, 0.05) is 51.3 Å². The third-order valence-corrected chi connectivity index (χ3v) is 2.71. The monoisotopic (exact) mass is 233 g/mol. The van der Waals surface area contributed by atoms with Crippen molar-refractivity contribution < 1.29 is 9.90 Å². The number of hydrogen-bond donors (Lipinski definition) is 0. The molecule has 0 saturated carbocycles. The Morgan fingerprint density at radius 3 is 2.00 bits per heavy atom. The number of hydrogen-bond acceptors (Lipinski definition) is 4. The molecule has 0 aliphatic carbocycles. The maximum atomic E-state index is 10.8. The fourth-order valence-electron chi connectivity index (χ4n) is 1.89. The Kier molecular flexibility index (Phi) is 2.95. The minimum atomic E-state index is -1.11. The second-order valence-corrected chi connectivity index (χ2v) is 3.92. The predicted molar refractivity (Wildman–Crippen MR) is 57.9 cm³/mol. The first-order valence-electron chi connectivity index (χ1n) is 5.24. The van der Waals surface area contributed by atoms with E-state index in [1.165, 1.54) is 0 Å². The van der Waals surface area contributed by atoms with Crippen molar-refractivity contribution in [3.63, 3.8) is 0 Å². The number of carbonyl (C=O) groups excluding carboxylic acids is 1. The third-order valence-electron chi connectivity index (χ3n) is 2.71. The highest BCUT2D eigenvalue weighted by molar-refractivity contribution is 5.66. The van der Waals surface area contributed by atoms with Gasteiger partial charge in [0.25, 0.3) is 0 Å². The number of imidazole rings is 2. The molecule has 0 N–H and O–H groups in total. The molecule has 90 valence electrons. The van der Waals surface area contributed by atoms with Crippen LogP contribution in [0.3, 0.4) is 0 Å². The molecular weight excluding hydrogens is 220 g/mol. The zero-order chi connectivity index (χ0) is 12.4. The van der Waals surface area contributed by atoms with E-state index in [9.17, 15) is 9.90 Å². The molecule has 0 atom stereocenters. The summed E-state index contributed by atoms with van der Waals surface area (Å²) in [4.78, 5) is 19.2. The van der Waals surface area contributed by atoms with Crippen LogP contribution in [0.4, 0.5) is 0 Å². The van der Waals surface area contributed by atoms with E-state index in [0.717, 1.165) is 0 Å². The van der Waals surface area contributed by atoms with Crippen molar-refractivity contribution >= 4 is 5.97 Å². The van der Waals surface area contributed by atoms with Gasteiger partial charge in [0.2, 0.25) is 0 Å². The first kappa shape index (κ1) is 11.4. The van der Waals surface area contributed by atoms with Crippen LogP contribution in [0.15, 0.2) is 24.8 Å². The van der Waals surface area contributed by atoms with Crippen LogP contribution in [-0.4, -0.2) is 25.1 Å². The Balaban J connectivity index is 2.42. The molecule has 0 radical (unpaired) electrons. The highest BCUT2D eigenvalue weighted by Gasteiger charge is 2.22. The molecule has 0 fully saturated rings. The molecule has 2 heterocycles. The van der Waals surface area contributed by atoms with Crippen molar-refractivity contribution in [2.45, 2.75) is 12.3 Å². The summed E-state index contributed by atoms with van der Waals surface area (Å²) in [5, 5.41) is 10.8. The van der Waals surface area contributed by atoms with E-state index in [4.69, 9.17) is 0 Å². The summed E-state index contributed by atoms with van der Waals surface area (Å²) in [7, 11) is 3.65. The van der Waals surface area contributed by atoms with Gasteiger partial charge in [-0.2, -0.15) is 0 Å². The Labute approximate surface area is 98.5 Å². The molecule has 2 rings (SSSR count). The summed E-state index contributed by atoms with van der Waals surface area (Å²) < 4.78 is 3.59. The van der Waals surface area contributed by atoms with Crippen LogP contribution in [0.25, 0.3) is 0 Å². The maximum absolute atomic E-state index is 10.8. The van der Waals surface area contributed by atoms with Crippen LogP contribution in [0.1, 0.15) is 24.0 Å². The van der Waals surface area contributed by atoms with Gasteiger partial charge >= 0.3 is 0 Å². The van der Waals surface area contributed by atoms with E-state index < -0.39 is 5.97 Å². The van der Waals surface area contributed by atoms with Crippen molar-refractivity contribution in [1.29, 1.82) is 0 Å². The molecule has 0 saturated heterocycles. The molecule has 6 nitrogen and oxygen atoms in total. The lowest BCUT2D eigenvalue weighted by atomic mass is 10.0. The average Bonchev–Trinajstić information content (AvgIpc) is 2.84. The van der Waals surface area contributed by atoms with Gasteiger partial charge in [-0.3, -0.25) is 0 Å². The number of rotatable bonds is 4. The topological polar surface area (TPSA) is 75.8 Å². The second kappa shape index (κ2) is 4.40. The number of carbonyl (C=O) groups is 1. The minimum absolute atomic E-state index is 0.129. The smallest absolute Gasteiger partial charge is 0.119 e. The van der Waals surface area contributed by atoms with E-state index in [-0.39, 0.29) is 12.3 Å². The van der Waals surface area contributed by atoms with Gasteiger partial charge in [0.05, 0.1) is 5.92 Å².